The molecule has 0 aliphatic heterocycles. The summed E-state index contributed by atoms with van der Waals surface area (Å²) in [5.41, 5.74) is 0.894. The Morgan fingerprint density at radius 2 is 1.75 bits per heavy atom. The van der Waals surface area contributed by atoms with Gasteiger partial charge >= 0.3 is 0 Å². The lowest BCUT2D eigenvalue weighted by molar-refractivity contribution is 0.581. The molecule has 2 aromatic rings. The molecular formula is C16H26N4. The quantitative estimate of drug-likeness (QED) is 0.657. The van der Waals surface area contributed by atoms with Gasteiger partial charge in [-0.2, -0.15) is 4.98 Å². The van der Waals surface area contributed by atoms with Crippen LogP contribution in [0, 0.1) is 0 Å². The molecule has 0 saturated heterocycles. The predicted molar refractivity (Wildman–Crippen MR) is 84.1 cm³/mol. The second-order valence-electron chi connectivity index (χ2n) is 5.34. The van der Waals surface area contributed by atoms with Crippen LogP contribution in [-0.4, -0.2) is 21.1 Å². The molecule has 0 amide bonds. The Hall–Kier alpha value is -1.58. The number of nitrogens with zero attached hydrogens (tertiary/aromatic N) is 3. The SMILES string of the molecule is CCCCCCCCCCNc1nc2ccccn2n1. The van der Waals surface area contributed by atoms with Gasteiger partial charge in [-0.3, -0.25) is 0 Å². The van der Waals surface area contributed by atoms with Crippen LogP contribution in [0.3, 0.4) is 0 Å². The van der Waals surface area contributed by atoms with E-state index in [9.17, 15) is 0 Å². The van der Waals surface area contributed by atoms with Crippen molar-refractivity contribution < 1.29 is 0 Å². The zero-order chi connectivity index (χ0) is 14.0. The molecule has 0 fully saturated rings. The first-order valence-corrected chi connectivity index (χ1v) is 7.95. The molecule has 0 aliphatic carbocycles. The van der Waals surface area contributed by atoms with Crippen LogP contribution in [0.4, 0.5) is 5.95 Å². The monoisotopic (exact) mass is 274 g/mol. The van der Waals surface area contributed by atoms with Crippen molar-refractivity contribution in [1.82, 2.24) is 14.6 Å². The molecule has 0 aromatic carbocycles. The molecule has 0 atom stereocenters. The minimum Gasteiger partial charge on any atom is -0.353 e. The highest BCUT2D eigenvalue weighted by molar-refractivity contribution is 5.42. The molecule has 2 rings (SSSR count). The van der Waals surface area contributed by atoms with Gasteiger partial charge in [-0.25, -0.2) is 4.52 Å². The first-order valence-electron chi connectivity index (χ1n) is 7.95. The molecule has 0 saturated carbocycles. The van der Waals surface area contributed by atoms with Gasteiger partial charge in [0.2, 0.25) is 5.95 Å². The van der Waals surface area contributed by atoms with E-state index in [1.807, 2.05) is 24.4 Å². The fourth-order valence-electron chi connectivity index (χ4n) is 2.37. The Balaban J connectivity index is 1.55. The van der Waals surface area contributed by atoms with Crippen LogP contribution >= 0.6 is 0 Å². The average molecular weight is 274 g/mol. The van der Waals surface area contributed by atoms with Gasteiger partial charge in [0.25, 0.3) is 0 Å². The van der Waals surface area contributed by atoms with Crippen molar-refractivity contribution in [3.63, 3.8) is 0 Å². The van der Waals surface area contributed by atoms with Gasteiger partial charge in [0.1, 0.15) is 0 Å². The van der Waals surface area contributed by atoms with Crippen molar-refractivity contribution in [2.24, 2.45) is 0 Å². The molecule has 0 bridgehead atoms. The maximum atomic E-state index is 4.42. The van der Waals surface area contributed by atoms with Crippen molar-refractivity contribution in [1.29, 1.82) is 0 Å². The second kappa shape index (κ2) is 8.56. The number of hydrogen-bond acceptors (Lipinski definition) is 3. The molecule has 110 valence electrons. The van der Waals surface area contributed by atoms with Gasteiger partial charge < -0.3 is 5.32 Å². The predicted octanol–water partition coefficient (Wildman–Crippen LogP) is 4.28. The molecule has 0 spiro atoms. The third-order valence-corrected chi connectivity index (χ3v) is 3.55. The highest BCUT2D eigenvalue weighted by Crippen LogP contribution is 2.09. The number of anilines is 1. The van der Waals surface area contributed by atoms with Crippen molar-refractivity contribution in [2.75, 3.05) is 11.9 Å². The van der Waals surface area contributed by atoms with Crippen LogP contribution < -0.4 is 5.32 Å². The van der Waals surface area contributed by atoms with Crippen molar-refractivity contribution >= 4 is 11.6 Å². The number of unbranched alkanes of at least 4 members (excludes halogenated alkanes) is 7. The van der Waals surface area contributed by atoms with Crippen LogP contribution in [0.25, 0.3) is 5.65 Å². The average Bonchev–Trinajstić information content (AvgIpc) is 2.88. The Morgan fingerprint density at radius 1 is 1.00 bits per heavy atom. The fourth-order valence-corrected chi connectivity index (χ4v) is 2.37. The topological polar surface area (TPSA) is 42.2 Å². The smallest absolute Gasteiger partial charge is 0.243 e. The zero-order valence-electron chi connectivity index (χ0n) is 12.5. The molecule has 2 aromatic heterocycles. The van der Waals surface area contributed by atoms with Crippen LogP contribution in [0.15, 0.2) is 24.4 Å². The van der Waals surface area contributed by atoms with Crippen molar-refractivity contribution in [3.8, 4) is 0 Å². The highest BCUT2D eigenvalue weighted by atomic mass is 15.3. The summed E-state index contributed by atoms with van der Waals surface area (Å²) in [5.74, 6) is 0.735. The van der Waals surface area contributed by atoms with Gasteiger partial charge in [-0.15, -0.1) is 5.10 Å². The maximum absolute atomic E-state index is 4.42. The largest absolute Gasteiger partial charge is 0.353 e. The third-order valence-electron chi connectivity index (χ3n) is 3.55. The summed E-state index contributed by atoms with van der Waals surface area (Å²) in [5, 5.41) is 7.68. The lowest BCUT2D eigenvalue weighted by Gasteiger charge is -2.02. The minimum atomic E-state index is 0.735. The van der Waals surface area contributed by atoms with Gasteiger partial charge in [0.15, 0.2) is 5.65 Å². The lowest BCUT2D eigenvalue weighted by Crippen LogP contribution is -2.03. The van der Waals surface area contributed by atoms with E-state index < -0.39 is 0 Å². The summed E-state index contributed by atoms with van der Waals surface area (Å²) in [6.07, 6.45) is 12.7. The molecule has 4 nitrogen and oxygen atoms in total. The molecule has 4 heteroatoms. The Labute approximate surface area is 121 Å². The van der Waals surface area contributed by atoms with Crippen LogP contribution in [-0.2, 0) is 0 Å². The standard InChI is InChI=1S/C16H26N4/c1-2-3-4-5-6-7-8-10-13-17-16-18-15-12-9-11-14-20(15)19-16/h9,11-12,14H,2-8,10,13H2,1H3,(H,17,19). The van der Waals surface area contributed by atoms with Gasteiger partial charge in [0.05, 0.1) is 0 Å². The number of fused-ring (bicyclic) bond motifs is 1. The van der Waals surface area contributed by atoms with E-state index in [-0.39, 0.29) is 0 Å². The number of hydrogen-bond donors (Lipinski definition) is 1. The Morgan fingerprint density at radius 3 is 2.50 bits per heavy atom. The summed E-state index contributed by atoms with van der Waals surface area (Å²) in [6, 6.07) is 5.91. The van der Waals surface area contributed by atoms with Crippen LogP contribution in [0.2, 0.25) is 0 Å². The second-order valence-corrected chi connectivity index (χ2v) is 5.34. The number of rotatable bonds is 10. The maximum Gasteiger partial charge on any atom is 0.243 e. The Kier molecular flexibility index (Phi) is 6.35. The molecule has 1 N–H and O–H groups in total. The minimum absolute atomic E-state index is 0.735. The van der Waals surface area contributed by atoms with E-state index in [1.54, 1.807) is 4.52 Å². The van der Waals surface area contributed by atoms with Crippen molar-refractivity contribution in [2.45, 2.75) is 58.3 Å². The van der Waals surface area contributed by atoms with E-state index in [1.165, 1.54) is 51.4 Å². The molecule has 20 heavy (non-hydrogen) atoms. The zero-order valence-corrected chi connectivity index (χ0v) is 12.5. The van der Waals surface area contributed by atoms with Gasteiger partial charge in [0, 0.05) is 12.7 Å². The molecule has 0 radical (unpaired) electrons. The number of nitrogens with one attached hydrogen (secondary N) is 1. The van der Waals surface area contributed by atoms with Crippen molar-refractivity contribution in [3.05, 3.63) is 24.4 Å². The summed E-state index contributed by atoms with van der Waals surface area (Å²) in [7, 11) is 0. The summed E-state index contributed by atoms with van der Waals surface area (Å²) < 4.78 is 1.80. The summed E-state index contributed by atoms with van der Waals surface area (Å²) in [4.78, 5) is 4.42. The summed E-state index contributed by atoms with van der Waals surface area (Å²) in [6.45, 7) is 3.23. The van der Waals surface area contributed by atoms with Crippen LogP contribution in [0.5, 0.6) is 0 Å². The Bertz CT molecular complexity index is 459. The number of pyridine rings is 1. The van der Waals surface area contributed by atoms with E-state index in [0.717, 1.165) is 18.1 Å². The normalized spacial score (nSPS) is 11.1. The van der Waals surface area contributed by atoms with E-state index in [4.69, 9.17) is 0 Å². The number of aromatic nitrogens is 3. The van der Waals surface area contributed by atoms with E-state index in [2.05, 4.69) is 22.3 Å². The highest BCUT2D eigenvalue weighted by Gasteiger charge is 2.00. The van der Waals surface area contributed by atoms with Gasteiger partial charge in [-0.05, 0) is 18.6 Å². The first kappa shape index (κ1) is 14.8. The molecule has 2 heterocycles. The summed E-state index contributed by atoms with van der Waals surface area (Å²) >= 11 is 0. The molecule has 0 aliphatic rings. The van der Waals surface area contributed by atoms with E-state index >= 15 is 0 Å². The molecular weight excluding hydrogens is 248 g/mol. The van der Waals surface area contributed by atoms with Gasteiger partial charge in [-0.1, -0.05) is 57.9 Å². The van der Waals surface area contributed by atoms with E-state index in [0.29, 0.717) is 0 Å². The third kappa shape index (κ3) is 4.83. The van der Waals surface area contributed by atoms with Crippen LogP contribution in [0.1, 0.15) is 58.3 Å². The first-order chi connectivity index (χ1) is 9.90. The molecule has 0 unspecified atom stereocenters. The fraction of sp³-hybridized carbons (Fsp3) is 0.625. The lowest BCUT2D eigenvalue weighted by atomic mass is 10.1.